The summed E-state index contributed by atoms with van der Waals surface area (Å²) in [5, 5.41) is 23.9. The summed E-state index contributed by atoms with van der Waals surface area (Å²) in [5.41, 5.74) is 2.30. The van der Waals surface area contributed by atoms with E-state index in [0.29, 0.717) is 59.9 Å². The SMILES string of the molecule is CCNC(=O)c1cc2c(cc1OC)OCC[C@]21C[C@H]1C(=O)Nc1cc(C#N)ccc1CC=CC(=O)O. The van der Waals surface area contributed by atoms with Crippen molar-refractivity contribution in [3.05, 3.63) is 64.7 Å². The van der Waals surface area contributed by atoms with Gasteiger partial charge in [-0.15, -0.1) is 0 Å². The van der Waals surface area contributed by atoms with Crippen LogP contribution in [0.1, 0.15) is 46.8 Å². The number of anilines is 1. The molecule has 4 rings (SSSR count). The van der Waals surface area contributed by atoms with Crippen LogP contribution in [0.25, 0.3) is 0 Å². The molecular weight excluding hydrogens is 462 g/mol. The summed E-state index contributed by atoms with van der Waals surface area (Å²) in [6, 6.07) is 10.5. The molecule has 0 unspecified atom stereocenters. The number of hydrogen-bond donors (Lipinski definition) is 3. The number of carboxylic acids is 1. The van der Waals surface area contributed by atoms with Crippen molar-refractivity contribution in [1.82, 2.24) is 5.32 Å². The highest BCUT2D eigenvalue weighted by atomic mass is 16.5. The maximum atomic E-state index is 13.4. The molecule has 2 aromatic rings. The number of nitrogens with one attached hydrogen (secondary N) is 2. The van der Waals surface area contributed by atoms with Crippen molar-refractivity contribution in [2.45, 2.75) is 31.6 Å². The highest BCUT2D eigenvalue weighted by Crippen LogP contribution is 2.61. The molecule has 1 aliphatic carbocycles. The van der Waals surface area contributed by atoms with Crippen LogP contribution in [-0.2, 0) is 21.4 Å². The van der Waals surface area contributed by atoms with Gasteiger partial charge in [-0.25, -0.2) is 4.79 Å². The second-order valence-electron chi connectivity index (χ2n) is 8.84. The van der Waals surface area contributed by atoms with E-state index in [9.17, 15) is 19.6 Å². The Kier molecular flexibility index (Phi) is 6.97. The number of methoxy groups -OCH3 is 1. The number of hydrogen-bond acceptors (Lipinski definition) is 6. The van der Waals surface area contributed by atoms with Crippen molar-refractivity contribution in [3.8, 4) is 17.6 Å². The van der Waals surface area contributed by atoms with E-state index in [2.05, 4.69) is 16.7 Å². The first kappa shape index (κ1) is 24.8. The predicted octanol–water partition coefficient (Wildman–Crippen LogP) is 3.18. The van der Waals surface area contributed by atoms with E-state index in [1.165, 1.54) is 13.2 Å². The van der Waals surface area contributed by atoms with Gasteiger partial charge in [0.2, 0.25) is 5.91 Å². The Morgan fingerprint density at radius 2 is 2.11 bits per heavy atom. The first-order valence-electron chi connectivity index (χ1n) is 11.7. The monoisotopic (exact) mass is 489 g/mol. The Balaban J connectivity index is 1.61. The number of carbonyl (C=O) groups excluding carboxylic acids is 2. The topological polar surface area (TPSA) is 138 Å². The molecule has 0 radical (unpaired) electrons. The third-order valence-corrected chi connectivity index (χ3v) is 6.71. The molecule has 2 amide bonds. The van der Waals surface area contributed by atoms with Gasteiger partial charge in [-0.1, -0.05) is 12.1 Å². The highest BCUT2D eigenvalue weighted by molar-refractivity contribution is 5.99. The van der Waals surface area contributed by atoms with Gasteiger partial charge in [0, 0.05) is 41.3 Å². The van der Waals surface area contributed by atoms with Crippen LogP contribution >= 0.6 is 0 Å². The minimum Gasteiger partial charge on any atom is -0.496 e. The number of fused-ring (bicyclic) bond motifs is 2. The molecule has 1 spiro atoms. The van der Waals surface area contributed by atoms with Crippen LogP contribution in [0.3, 0.4) is 0 Å². The van der Waals surface area contributed by atoms with Crippen molar-refractivity contribution in [3.63, 3.8) is 0 Å². The summed E-state index contributed by atoms with van der Waals surface area (Å²) < 4.78 is 11.3. The van der Waals surface area contributed by atoms with E-state index in [-0.39, 0.29) is 24.2 Å². The number of carboxylic acid groups (broad SMARTS) is 1. The summed E-state index contributed by atoms with van der Waals surface area (Å²) in [6.07, 6.45) is 4.05. The van der Waals surface area contributed by atoms with E-state index in [1.807, 2.05) is 6.92 Å². The number of carbonyl (C=O) groups is 3. The van der Waals surface area contributed by atoms with Crippen LogP contribution in [0, 0.1) is 17.2 Å². The Morgan fingerprint density at radius 1 is 1.31 bits per heavy atom. The quantitative estimate of drug-likeness (QED) is 0.484. The van der Waals surface area contributed by atoms with Crippen LogP contribution in [0.15, 0.2) is 42.5 Å². The molecular formula is C27H27N3O6. The molecule has 0 aromatic heterocycles. The fraction of sp³-hybridized carbons (Fsp3) is 0.333. The first-order valence-corrected chi connectivity index (χ1v) is 11.7. The van der Waals surface area contributed by atoms with Crippen LogP contribution < -0.4 is 20.1 Å². The molecule has 9 heteroatoms. The van der Waals surface area contributed by atoms with Crippen LogP contribution in [-0.4, -0.2) is 43.2 Å². The number of amides is 2. The number of ether oxygens (including phenoxy) is 2. The van der Waals surface area contributed by atoms with Crippen LogP contribution in [0.2, 0.25) is 0 Å². The Bertz CT molecular complexity index is 1300. The summed E-state index contributed by atoms with van der Waals surface area (Å²) in [4.78, 5) is 36.9. The number of nitrogens with zero attached hydrogens (tertiary/aromatic N) is 1. The molecule has 1 aliphatic heterocycles. The lowest BCUT2D eigenvalue weighted by Crippen LogP contribution is -2.28. The minimum absolute atomic E-state index is 0.197. The van der Waals surface area contributed by atoms with E-state index >= 15 is 0 Å². The molecule has 186 valence electrons. The lowest BCUT2D eigenvalue weighted by atomic mass is 9.85. The summed E-state index contributed by atoms with van der Waals surface area (Å²) in [7, 11) is 1.50. The van der Waals surface area contributed by atoms with Gasteiger partial charge in [-0.2, -0.15) is 5.26 Å². The van der Waals surface area contributed by atoms with Crippen molar-refractivity contribution in [2.75, 3.05) is 25.6 Å². The van der Waals surface area contributed by atoms with Crippen LogP contribution in [0.5, 0.6) is 11.5 Å². The molecule has 2 aliphatic rings. The fourth-order valence-electron chi connectivity index (χ4n) is 4.82. The average molecular weight is 490 g/mol. The summed E-state index contributed by atoms with van der Waals surface area (Å²) >= 11 is 0. The Hall–Kier alpha value is -4.32. The van der Waals surface area contributed by atoms with E-state index in [4.69, 9.17) is 14.6 Å². The number of allylic oxidation sites excluding steroid dienone is 1. The summed E-state index contributed by atoms with van der Waals surface area (Å²) in [6.45, 7) is 2.74. The molecule has 3 N–H and O–H groups in total. The maximum Gasteiger partial charge on any atom is 0.327 e. The van der Waals surface area contributed by atoms with E-state index in [0.717, 1.165) is 11.6 Å². The molecule has 2 aromatic carbocycles. The van der Waals surface area contributed by atoms with Crippen molar-refractivity contribution < 1.29 is 29.0 Å². The van der Waals surface area contributed by atoms with Gasteiger partial charge in [-0.3, -0.25) is 9.59 Å². The Morgan fingerprint density at radius 3 is 2.81 bits per heavy atom. The lowest BCUT2D eigenvalue weighted by Gasteiger charge is -2.28. The molecule has 0 bridgehead atoms. The van der Waals surface area contributed by atoms with Gasteiger partial charge in [0.1, 0.15) is 11.5 Å². The maximum absolute atomic E-state index is 13.4. The molecule has 2 atom stereocenters. The van der Waals surface area contributed by atoms with Crippen LogP contribution in [0.4, 0.5) is 5.69 Å². The number of benzene rings is 2. The molecule has 9 nitrogen and oxygen atoms in total. The van der Waals surface area contributed by atoms with Gasteiger partial charge in [-0.05, 0) is 49.9 Å². The zero-order valence-electron chi connectivity index (χ0n) is 20.1. The second-order valence-corrected chi connectivity index (χ2v) is 8.84. The third-order valence-electron chi connectivity index (χ3n) is 6.71. The predicted molar refractivity (Wildman–Crippen MR) is 131 cm³/mol. The van der Waals surface area contributed by atoms with Gasteiger partial charge < -0.3 is 25.2 Å². The first-order chi connectivity index (χ1) is 17.3. The molecule has 0 saturated heterocycles. The van der Waals surface area contributed by atoms with Crippen molar-refractivity contribution in [1.29, 1.82) is 5.26 Å². The zero-order chi connectivity index (χ0) is 25.9. The van der Waals surface area contributed by atoms with E-state index in [1.54, 1.807) is 30.3 Å². The minimum atomic E-state index is -1.06. The standard InChI is InChI=1S/C27H27N3O6/c1-3-29-25(33)18-12-19-23(13-22(18)35-2)36-10-9-27(19)14-20(27)26(34)30-21-11-16(15-28)7-8-17(21)5-4-6-24(31)32/h4,6-8,11-13,20H,3,5,9-10,14H2,1-2H3,(H,29,33)(H,30,34)(H,31,32)/t20-,27-/m0/s1. The van der Waals surface area contributed by atoms with Crippen molar-refractivity contribution >= 4 is 23.5 Å². The number of nitriles is 1. The van der Waals surface area contributed by atoms with Gasteiger partial charge in [0.25, 0.3) is 5.91 Å². The molecule has 1 fully saturated rings. The number of rotatable bonds is 8. The average Bonchev–Trinajstić information content (AvgIpc) is 3.58. The molecule has 1 saturated carbocycles. The molecule has 36 heavy (non-hydrogen) atoms. The largest absolute Gasteiger partial charge is 0.496 e. The van der Waals surface area contributed by atoms with Gasteiger partial charge >= 0.3 is 5.97 Å². The molecule has 1 heterocycles. The second kappa shape index (κ2) is 10.1. The highest BCUT2D eigenvalue weighted by Gasteiger charge is 2.61. The summed E-state index contributed by atoms with van der Waals surface area (Å²) in [5.74, 6) is -0.846. The van der Waals surface area contributed by atoms with Gasteiger partial charge in [0.05, 0.1) is 30.9 Å². The van der Waals surface area contributed by atoms with Gasteiger partial charge in [0.15, 0.2) is 0 Å². The normalized spacial score (nSPS) is 19.6. The fourth-order valence-corrected chi connectivity index (χ4v) is 4.82. The lowest BCUT2D eigenvalue weighted by molar-refractivity contribution is -0.131. The van der Waals surface area contributed by atoms with E-state index < -0.39 is 11.4 Å². The zero-order valence-corrected chi connectivity index (χ0v) is 20.1. The number of aliphatic carboxylic acids is 1. The Labute approximate surface area is 208 Å². The third kappa shape index (κ3) is 4.75. The smallest absolute Gasteiger partial charge is 0.327 e. The van der Waals surface area contributed by atoms with Crippen molar-refractivity contribution in [2.24, 2.45) is 5.92 Å².